The van der Waals surface area contributed by atoms with Crippen LogP contribution >= 0.6 is 11.3 Å². The largest absolute Gasteiger partial charge is 0.462 e. The molecule has 2 aromatic carbocycles. The Balaban J connectivity index is 2.13. The second-order valence-corrected chi connectivity index (χ2v) is 9.21. The summed E-state index contributed by atoms with van der Waals surface area (Å²) in [5, 5.41) is 0. The lowest BCUT2D eigenvalue weighted by Crippen LogP contribution is -2.17. The zero-order valence-electron chi connectivity index (χ0n) is 16.2. The fourth-order valence-electron chi connectivity index (χ4n) is 2.92. The Morgan fingerprint density at radius 2 is 1.86 bits per heavy atom. The molecule has 9 heteroatoms. The monoisotopic (exact) mass is 432 g/mol. The van der Waals surface area contributed by atoms with Crippen molar-refractivity contribution in [2.75, 3.05) is 12.9 Å². The molecule has 3 aromatic rings. The molecule has 1 heterocycles. The molecular formula is C20H20N2O5S2. The molecule has 29 heavy (non-hydrogen) atoms. The molecule has 0 saturated heterocycles. The van der Waals surface area contributed by atoms with E-state index in [9.17, 15) is 18.0 Å². The number of carbonyl (C=O) groups excluding carboxylic acids is 2. The van der Waals surface area contributed by atoms with E-state index < -0.39 is 21.7 Å². The molecule has 7 nitrogen and oxygen atoms in total. The van der Waals surface area contributed by atoms with E-state index in [1.807, 2.05) is 11.5 Å². The number of aryl methyl sites for hydroxylation is 1. The highest BCUT2D eigenvalue weighted by molar-refractivity contribution is 7.90. The van der Waals surface area contributed by atoms with E-state index in [0.29, 0.717) is 16.9 Å². The zero-order valence-corrected chi connectivity index (χ0v) is 17.8. The molecule has 3 rings (SSSR count). The molecule has 0 bridgehead atoms. The Labute approximate surface area is 172 Å². The molecule has 0 radical (unpaired) electrons. The minimum absolute atomic E-state index is 0.0299. The normalized spacial score (nSPS) is 12.3. The topological polar surface area (TPSA) is 94.8 Å². The summed E-state index contributed by atoms with van der Waals surface area (Å²) in [7, 11) is -3.57. The SMILES string of the molecule is CCOC(=O)c1ccc2c(c1)sc(=NC(=O)c1ccccc1S(C)(=O)=O)n2CC. The maximum absolute atomic E-state index is 12.8. The third-order valence-corrected chi connectivity index (χ3v) is 6.42. The predicted octanol–water partition coefficient (Wildman–Crippen LogP) is 3.04. The Hall–Kier alpha value is -2.78. The molecule has 0 fully saturated rings. The average Bonchev–Trinajstić information content (AvgIpc) is 3.03. The third-order valence-electron chi connectivity index (χ3n) is 4.22. The first kappa shape index (κ1) is 20.9. The summed E-state index contributed by atoms with van der Waals surface area (Å²) >= 11 is 1.25. The minimum Gasteiger partial charge on any atom is -0.462 e. The van der Waals surface area contributed by atoms with Gasteiger partial charge in [-0.2, -0.15) is 4.99 Å². The van der Waals surface area contributed by atoms with Crippen molar-refractivity contribution < 1.29 is 22.7 Å². The van der Waals surface area contributed by atoms with Gasteiger partial charge in [-0.3, -0.25) is 4.79 Å². The van der Waals surface area contributed by atoms with Crippen molar-refractivity contribution in [3.05, 3.63) is 58.4 Å². The van der Waals surface area contributed by atoms with Crippen LogP contribution in [0.5, 0.6) is 0 Å². The number of benzene rings is 2. The molecule has 1 amide bonds. The number of fused-ring (bicyclic) bond motifs is 1. The number of nitrogens with zero attached hydrogens (tertiary/aromatic N) is 2. The second kappa shape index (κ2) is 8.30. The van der Waals surface area contributed by atoms with Crippen LogP contribution in [-0.2, 0) is 21.1 Å². The first-order valence-electron chi connectivity index (χ1n) is 8.95. The van der Waals surface area contributed by atoms with E-state index in [-0.39, 0.29) is 17.1 Å². The Kier molecular flexibility index (Phi) is 5.99. The third kappa shape index (κ3) is 4.30. The predicted molar refractivity (Wildman–Crippen MR) is 111 cm³/mol. The van der Waals surface area contributed by atoms with Crippen LogP contribution in [0, 0.1) is 0 Å². The highest BCUT2D eigenvalue weighted by atomic mass is 32.2. The highest BCUT2D eigenvalue weighted by Crippen LogP contribution is 2.21. The summed E-state index contributed by atoms with van der Waals surface area (Å²) in [5.41, 5.74) is 1.28. The van der Waals surface area contributed by atoms with Crippen molar-refractivity contribution in [1.29, 1.82) is 0 Å². The van der Waals surface area contributed by atoms with Crippen LogP contribution in [0.25, 0.3) is 10.2 Å². The highest BCUT2D eigenvalue weighted by Gasteiger charge is 2.18. The average molecular weight is 433 g/mol. The lowest BCUT2D eigenvalue weighted by atomic mass is 10.2. The van der Waals surface area contributed by atoms with E-state index in [4.69, 9.17) is 4.74 Å². The Bertz CT molecular complexity index is 1270. The molecule has 0 unspecified atom stereocenters. The molecular weight excluding hydrogens is 412 g/mol. The molecule has 152 valence electrons. The van der Waals surface area contributed by atoms with Crippen molar-refractivity contribution in [1.82, 2.24) is 4.57 Å². The van der Waals surface area contributed by atoms with Crippen molar-refractivity contribution in [2.45, 2.75) is 25.3 Å². The number of hydrogen-bond donors (Lipinski definition) is 0. The first-order valence-corrected chi connectivity index (χ1v) is 11.7. The molecule has 0 aliphatic carbocycles. The van der Waals surface area contributed by atoms with Crippen LogP contribution in [0.4, 0.5) is 0 Å². The molecule has 0 spiro atoms. The summed E-state index contributed by atoms with van der Waals surface area (Å²) in [6, 6.07) is 11.2. The van der Waals surface area contributed by atoms with Gasteiger partial charge in [-0.25, -0.2) is 13.2 Å². The van der Waals surface area contributed by atoms with E-state index in [0.717, 1.165) is 16.5 Å². The summed E-state index contributed by atoms with van der Waals surface area (Å²) in [6.45, 7) is 4.49. The van der Waals surface area contributed by atoms with Crippen LogP contribution in [0.3, 0.4) is 0 Å². The van der Waals surface area contributed by atoms with Crippen LogP contribution in [-0.4, -0.2) is 37.7 Å². The van der Waals surface area contributed by atoms with Gasteiger partial charge in [0.05, 0.1) is 32.8 Å². The van der Waals surface area contributed by atoms with E-state index in [1.165, 1.54) is 23.5 Å². The Morgan fingerprint density at radius 1 is 1.14 bits per heavy atom. The molecule has 0 aliphatic rings. The fraction of sp³-hybridized carbons (Fsp3) is 0.250. The number of esters is 1. The van der Waals surface area contributed by atoms with Crippen molar-refractivity contribution in [2.24, 2.45) is 4.99 Å². The quantitative estimate of drug-likeness (QED) is 0.578. The number of ether oxygens (including phenoxy) is 1. The standard InChI is InChI=1S/C20H20N2O5S2/c1-4-22-15-11-10-13(19(24)27-5-2)12-16(15)28-20(22)21-18(23)14-8-6-7-9-17(14)29(3,25)26/h6-12H,4-5H2,1-3H3. The summed E-state index contributed by atoms with van der Waals surface area (Å²) in [5.74, 6) is -1.05. The van der Waals surface area contributed by atoms with Gasteiger partial charge in [-0.15, -0.1) is 0 Å². The van der Waals surface area contributed by atoms with Gasteiger partial charge in [-0.1, -0.05) is 23.5 Å². The summed E-state index contributed by atoms with van der Waals surface area (Å²) in [6.07, 6.45) is 1.06. The first-order chi connectivity index (χ1) is 13.8. The van der Waals surface area contributed by atoms with Gasteiger partial charge in [-0.05, 0) is 44.2 Å². The second-order valence-electron chi connectivity index (χ2n) is 6.22. The number of carbonyl (C=O) groups is 2. The van der Waals surface area contributed by atoms with Gasteiger partial charge in [0.25, 0.3) is 5.91 Å². The van der Waals surface area contributed by atoms with Crippen molar-refractivity contribution >= 4 is 43.3 Å². The van der Waals surface area contributed by atoms with Crippen molar-refractivity contribution in [3.63, 3.8) is 0 Å². The molecule has 0 aliphatic heterocycles. The van der Waals surface area contributed by atoms with Gasteiger partial charge in [0.2, 0.25) is 0 Å². The maximum atomic E-state index is 12.8. The number of amides is 1. The van der Waals surface area contributed by atoms with Crippen LogP contribution in [0.1, 0.15) is 34.6 Å². The molecule has 0 saturated carbocycles. The van der Waals surface area contributed by atoms with Crippen LogP contribution in [0.15, 0.2) is 52.4 Å². The van der Waals surface area contributed by atoms with Crippen LogP contribution in [0.2, 0.25) is 0 Å². The Morgan fingerprint density at radius 3 is 2.52 bits per heavy atom. The molecule has 1 aromatic heterocycles. The molecule has 0 N–H and O–H groups in total. The number of sulfone groups is 1. The smallest absolute Gasteiger partial charge is 0.338 e. The van der Waals surface area contributed by atoms with Crippen molar-refractivity contribution in [3.8, 4) is 0 Å². The number of hydrogen-bond acceptors (Lipinski definition) is 6. The number of aromatic nitrogens is 1. The minimum atomic E-state index is -3.57. The lowest BCUT2D eigenvalue weighted by molar-refractivity contribution is 0.0526. The zero-order chi connectivity index (χ0) is 21.2. The number of thiazole rings is 1. The summed E-state index contributed by atoms with van der Waals surface area (Å²) < 4.78 is 31.6. The maximum Gasteiger partial charge on any atom is 0.338 e. The fourth-order valence-corrected chi connectivity index (χ4v) is 4.93. The van der Waals surface area contributed by atoms with Gasteiger partial charge < -0.3 is 9.30 Å². The van der Waals surface area contributed by atoms with Gasteiger partial charge in [0, 0.05) is 12.8 Å². The van der Waals surface area contributed by atoms with Gasteiger partial charge in [0.1, 0.15) is 0 Å². The lowest BCUT2D eigenvalue weighted by Gasteiger charge is -2.04. The van der Waals surface area contributed by atoms with Gasteiger partial charge in [0.15, 0.2) is 14.6 Å². The number of rotatable bonds is 5. The summed E-state index contributed by atoms with van der Waals surface area (Å²) in [4.78, 5) is 29.3. The van der Waals surface area contributed by atoms with E-state index >= 15 is 0 Å². The van der Waals surface area contributed by atoms with E-state index in [2.05, 4.69) is 4.99 Å². The van der Waals surface area contributed by atoms with Gasteiger partial charge >= 0.3 is 5.97 Å². The van der Waals surface area contributed by atoms with Crippen LogP contribution < -0.4 is 4.80 Å². The molecule has 0 atom stereocenters. The van der Waals surface area contributed by atoms with E-state index in [1.54, 1.807) is 37.3 Å².